The second kappa shape index (κ2) is 5.82. The number of halogens is 2. The highest BCUT2D eigenvalue weighted by molar-refractivity contribution is 9.11. The second-order valence-electron chi connectivity index (χ2n) is 3.71. The van der Waals surface area contributed by atoms with Crippen molar-refractivity contribution in [2.45, 2.75) is 13.5 Å². The molecule has 0 saturated carbocycles. The van der Waals surface area contributed by atoms with Crippen molar-refractivity contribution in [1.29, 1.82) is 0 Å². The first-order chi connectivity index (χ1) is 8.54. The predicted octanol–water partition coefficient (Wildman–Crippen LogP) is 3.80. The Morgan fingerprint density at radius 2 is 2.28 bits per heavy atom. The van der Waals surface area contributed by atoms with E-state index < -0.39 is 0 Å². The number of nitrogens with zero attached hydrogens (tertiary/aromatic N) is 1. The fraction of sp³-hybridized carbons (Fsp3) is 0.167. The van der Waals surface area contributed by atoms with E-state index in [0.717, 1.165) is 14.4 Å². The topological polar surface area (TPSA) is 42.0 Å². The van der Waals surface area contributed by atoms with Gasteiger partial charge in [0.1, 0.15) is 5.15 Å². The quantitative estimate of drug-likeness (QED) is 0.860. The van der Waals surface area contributed by atoms with Crippen molar-refractivity contribution in [1.82, 2.24) is 10.3 Å². The monoisotopic (exact) mass is 344 g/mol. The van der Waals surface area contributed by atoms with E-state index in [1.165, 1.54) is 0 Å². The van der Waals surface area contributed by atoms with E-state index in [1.807, 2.05) is 12.1 Å². The van der Waals surface area contributed by atoms with Gasteiger partial charge in [-0.05, 0) is 47.1 Å². The number of aryl methyl sites for hydroxylation is 1. The number of amides is 1. The van der Waals surface area contributed by atoms with Crippen molar-refractivity contribution in [3.05, 3.63) is 49.3 Å². The molecule has 18 heavy (non-hydrogen) atoms. The largest absolute Gasteiger partial charge is 0.347 e. The minimum Gasteiger partial charge on any atom is -0.347 e. The zero-order valence-corrected chi connectivity index (χ0v) is 12.7. The third kappa shape index (κ3) is 3.54. The molecule has 0 bridgehead atoms. The van der Waals surface area contributed by atoms with Crippen molar-refractivity contribution in [2.75, 3.05) is 0 Å². The highest BCUT2D eigenvalue weighted by Crippen LogP contribution is 2.21. The lowest BCUT2D eigenvalue weighted by Crippen LogP contribution is -2.22. The minimum absolute atomic E-state index is 0.146. The van der Waals surface area contributed by atoms with E-state index in [9.17, 15) is 4.79 Å². The molecule has 0 saturated heterocycles. The Kier molecular flexibility index (Phi) is 4.37. The zero-order chi connectivity index (χ0) is 13.1. The summed E-state index contributed by atoms with van der Waals surface area (Å²) in [7, 11) is 0. The van der Waals surface area contributed by atoms with Crippen molar-refractivity contribution in [3.8, 4) is 0 Å². The van der Waals surface area contributed by atoms with Gasteiger partial charge in [0.05, 0.1) is 10.3 Å². The Hall–Kier alpha value is -0.910. The summed E-state index contributed by atoms with van der Waals surface area (Å²) in [6, 6.07) is 7.21. The van der Waals surface area contributed by atoms with E-state index in [4.69, 9.17) is 11.6 Å². The number of pyridine rings is 1. The number of hydrogen-bond donors (Lipinski definition) is 1. The molecule has 2 rings (SSSR count). The molecular weight excluding hydrogens is 336 g/mol. The van der Waals surface area contributed by atoms with Crippen LogP contribution in [-0.4, -0.2) is 10.9 Å². The summed E-state index contributed by atoms with van der Waals surface area (Å²) in [4.78, 5) is 17.0. The molecule has 2 aromatic rings. The molecule has 6 heteroatoms. The summed E-state index contributed by atoms with van der Waals surface area (Å²) >= 11 is 10.8. The maximum atomic E-state index is 11.9. The lowest BCUT2D eigenvalue weighted by molar-refractivity contribution is 0.0951. The van der Waals surface area contributed by atoms with Crippen LogP contribution in [0.3, 0.4) is 0 Å². The molecule has 0 spiro atoms. The van der Waals surface area contributed by atoms with E-state index in [-0.39, 0.29) is 5.91 Å². The van der Waals surface area contributed by atoms with E-state index in [0.29, 0.717) is 17.3 Å². The van der Waals surface area contributed by atoms with Crippen LogP contribution in [0.2, 0.25) is 5.15 Å². The molecule has 2 aromatic heterocycles. The van der Waals surface area contributed by atoms with Gasteiger partial charge in [0.15, 0.2) is 0 Å². The lowest BCUT2D eigenvalue weighted by atomic mass is 10.2. The summed E-state index contributed by atoms with van der Waals surface area (Å²) < 4.78 is 1.05. The number of carbonyl (C=O) groups excluding carboxylic acids is 1. The highest BCUT2D eigenvalue weighted by atomic mass is 79.9. The molecule has 0 fully saturated rings. The molecule has 2 heterocycles. The van der Waals surface area contributed by atoms with E-state index in [1.54, 1.807) is 30.4 Å². The molecule has 0 unspecified atom stereocenters. The standard InChI is InChI=1S/C12H10BrClN2OS/c1-7-4-8(5-11(14)16-7)12(17)15-6-9-2-3-10(13)18-9/h2-5H,6H2,1H3,(H,15,17). The van der Waals surface area contributed by atoms with E-state index in [2.05, 4.69) is 26.2 Å². The van der Waals surface area contributed by atoms with Crippen LogP contribution in [0.5, 0.6) is 0 Å². The molecule has 0 aliphatic carbocycles. The Morgan fingerprint density at radius 1 is 1.50 bits per heavy atom. The highest BCUT2D eigenvalue weighted by Gasteiger charge is 2.08. The average molecular weight is 346 g/mol. The van der Waals surface area contributed by atoms with Crippen LogP contribution in [0, 0.1) is 6.92 Å². The van der Waals surface area contributed by atoms with Crippen LogP contribution in [0.1, 0.15) is 20.9 Å². The third-order valence-corrected chi connectivity index (χ3v) is 4.05. The van der Waals surface area contributed by atoms with Crippen LogP contribution in [0.25, 0.3) is 0 Å². The zero-order valence-electron chi connectivity index (χ0n) is 9.54. The second-order valence-corrected chi connectivity index (χ2v) is 6.64. The molecule has 1 amide bonds. The maximum Gasteiger partial charge on any atom is 0.251 e. The summed E-state index contributed by atoms with van der Waals surface area (Å²) in [6.07, 6.45) is 0. The summed E-state index contributed by atoms with van der Waals surface area (Å²) in [6.45, 7) is 2.31. The van der Waals surface area contributed by atoms with Crippen molar-refractivity contribution < 1.29 is 4.79 Å². The maximum absolute atomic E-state index is 11.9. The molecule has 0 radical (unpaired) electrons. The van der Waals surface area contributed by atoms with Gasteiger partial charge in [-0.2, -0.15) is 0 Å². The molecule has 0 aliphatic rings. The van der Waals surface area contributed by atoms with Gasteiger partial charge in [-0.25, -0.2) is 4.98 Å². The molecule has 0 aliphatic heterocycles. The fourth-order valence-corrected chi connectivity index (χ4v) is 3.15. The fourth-order valence-electron chi connectivity index (χ4n) is 1.48. The molecule has 3 nitrogen and oxygen atoms in total. The summed E-state index contributed by atoms with van der Waals surface area (Å²) in [5.41, 5.74) is 1.26. The average Bonchev–Trinajstić information content (AvgIpc) is 2.70. The smallest absolute Gasteiger partial charge is 0.251 e. The van der Waals surface area contributed by atoms with Gasteiger partial charge in [-0.15, -0.1) is 11.3 Å². The minimum atomic E-state index is -0.146. The Balaban J connectivity index is 2.03. The van der Waals surface area contributed by atoms with Gasteiger partial charge in [0.25, 0.3) is 5.91 Å². The van der Waals surface area contributed by atoms with Crippen molar-refractivity contribution in [3.63, 3.8) is 0 Å². The summed E-state index contributed by atoms with van der Waals surface area (Å²) in [5, 5.41) is 3.18. The number of carbonyl (C=O) groups is 1. The molecule has 94 valence electrons. The number of hydrogen-bond acceptors (Lipinski definition) is 3. The molecule has 0 aromatic carbocycles. The first-order valence-corrected chi connectivity index (χ1v) is 7.20. The number of rotatable bonds is 3. The molecule has 1 N–H and O–H groups in total. The molecule has 0 atom stereocenters. The SMILES string of the molecule is Cc1cc(C(=O)NCc2ccc(Br)s2)cc(Cl)n1. The number of thiophene rings is 1. The van der Waals surface area contributed by atoms with Crippen molar-refractivity contribution in [2.24, 2.45) is 0 Å². The normalized spacial score (nSPS) is 10.4. The Morgan fingerprint density at radius 3 is 2.89 bits per heavy atom. The van der Waals surface area contributed by atoms with Crippen molar-refractivity contribution >= 4 is 44.8 Å². The Labute approximate surface area is 122 Å². The van der Waals surface area contributed by atoms with Crippen LogP contribution >= 0.6 is 38.9 Å². The molecular formula is C12H10BrClN2OS. The van der Waals surface area contributed by atoms with Crippen LogP contribution in [0.4, 0.5) is 0 Å². The van der Waals surface area contributed by atoms with Crippen LogP contribution in [0.15, 0.2) is 28.1 Å². The van der Waals surface area contributed by atoms with Gasteiger partial charge in [0.2, 0.25) is 0 Å². The Bertz CT molecular complexity index is 565. The number of nitrogens with one attached hydrogen (secondary N) is 1. The lowest BCUT2D eigenvalue weighted by Gasteiger charge is -2.05. The summed E-state index contributed by atoms with van der Waals surface area (Å²) in [5.74, 6) is -0.146. The number of aromatic nitrogens is 1. The van der Waals surface area contributed by atoms with Gasteiger partial charge in [-0.3, -0.25) is 4.79 Å². The van der Waals surface area contributed by atoms with Gasteiger partial charge in [-0.1, -0.05) is 11.6 Å². The third-order valence-electron chi connectivity index (χ3n) is 2.24. The van der Waals surface area contributed by atoms with Gasteiger partial charge in [0, 0.05) is 16.1 Å². The predicted molar refractivity (Wildman–Crippen MR) is 77.2 cm³/mol. The van der Waals surface area contributed by atoms with Crippen LogP contribution in [-0.2, 0) is 6.54 Å². The first kappa shape index (κ1) is 13.5. The van der Waals surface area contributed by atoms with E-state index >= 15 is 0 Å². The van der Waals surface area contributed by atoms with Crippen LogP contribution < -0.4 is 5.32 Å². The first-order valence-electron chi connectivity index (χ1n) is 5.21. The van der Waals surface area contributed by atoms with Gasteiger partial charge >= 0.3 is 0 Å². The van der Waals surface area contributed by atoms with Gasteiger partial charge < -0.3 is 5.32 Å².